The van der Waals surface area contributed by atoms with Crippen LogP contribution in [0.4, 0.5) is 5.95 Å². The molecule has 0 spiro atoms. The molecule has 35 heavy (non-hydrogen) atoms. The highest BCUT2D eigenvalue weighted by Gasteiger charge is 2.31. The second-order valence-electron chi connectivity index (χ2n) is 8.90. The smallest absolute Gasteiger partial charge is 0.254 e. The number of piperazine rings is 1. The Hall–Kier alpha value is -3.91. The van der Waals surface area contributed by atoms with Crippen LogP contribution in [0.1, 0.15) is 22.8 Å². The van der Waals surface area contributed by atoms with E-state index in [0.717, 1.165) is 16.5 Å². The van der Waals surface area contributed by atoms with Crippen molar-refractivity contribution in [2.45, 2.75) is 19.9 Å². The normalized spacial score (nSPS) is 16.4. The lowest BCUT2D eigenvalue weighted by atomic mass is 10.1. The first-order chi connectivity index (χ1) is 17.0. The van der Waals surface area contributed by atoms with E-state index in [1.165, 1.54) is 0 Å². The Bertz CT molecular complexity index is 1560. The number of amides is 1. The molecule has 3 aromatic heterocycles. The Labute approximate surface area is 206 Å². The molecule has 1 fully saturated rings. The number of halogens is 1. The number of aromatic nitrogens is 4. The molecule has 0 saturated carbocycles. The molecule has 1 atom stereocenters. The van der Waals surface area contributed by atoms with Gasteiger partial charge in [0, 0.05) is 41.6 Å². The maximum Gasteiger partial charge on any atom is 0.254 e. The molecule has 2 aromatic carbocycles. The summed E-state index contributed by atoms with van der Waals surface area (Å²) in [6, 6.07) is 17.0. The molecule has 0 bridgehead atoms. The fourth-order valence-corrected chi connectivity index (χ4v) is 4.92. The van der Waals surface area contributed by atoms with Crippen LogP contribution in [0.3, 0.4) is 0 Å². The number of benzene rings is 2. The average Bonchev–Trinajstić information content (AvgIpc) is 3.53. The van der Waals surface area contributed by atoms with E-state index in [4.69, 9.17) is 21.0 Å². The summed E-state index contributed by atoms with van der Waals surface area (Å²) in [4.78, 5) is 22.3. The monoisotopic (exact) mass is 486 g/mol. The first-order valence-corrected chi connectivity index (χ1v) is 11.9. The molecule has 5 aromatic rings. The fourth-order valence-electron chi connectivity index (χ4n) is 4.75. The van der Waals surface area contributed by atoms with Crippen molar-refractivity contribution in [3.05, 3.63) is 77.0 Å². The number of hydrogen-bond acceptors (Lipinski definition) is 6. The van der Waals surface area contributed by atoms with Gasteiger partial charge in [0.25, 0.3) is 5.91 Å². The number of hydrogen-bond donors (Lipinski definition) is 0. The summed E-state index contributed by atoms with van der Waals surface area (Å²) in [5.41, 5.74) is 3.20. The zero-order valence-electron chi connectivity index (χ0n) is 19.3. The minimum Gasteiger partial charge on any atom is -0.461 e. The van der Waals surface area contributed by atoms with Crippen molar-refractivity contribution < 1.29 is 9.21 Å². The number of aryl methyl sites for hydroxylation is 1. The van der Waals surface area contributed by atoms with Crippen molar-refractivity contribution in [1.82, 2.24) is 24.5 Å². The van der Waals surface area contributed by atoms with Gasteiger partial charge in [-0.3, -0.25) is 4.79 Å². The van der Waals surface area contributed by atoms with Gasteiger partial charge in [0.2, 0.25) is 11.8 Å². The zero-order chi connectivity index (χ0) is 24.1. The molecule has 1 amide bonds. The van der Waals surface area contributed by atoms with E-state index >= 15 is 0 Å². The second kappa shape index (κ2) is 8.39. The number of fused-ring (bicyclic) bond motifs is 3. The number of anilines is 1. The Balaban J connectivity index is 1.41. The number of nitrogens with zero attached hydrogens (tertiary/aromatic N) is 6. The van der Waals surface area contributed by atoms with Gasteiger partial charge in [-0.25, -0.2) is 9.38 Å². The van der Waals surface area contributed by atoms with Crippen LogP contribution in [0.15, 0.2) is 65.3 Å². The van der Waals surface area contributed by atoms with Crippen molar-refractivity contribution in [1.29, 1.82) is 0 Å². The van der Waals surface area contributed by atoms with Crippen LogP contribution >= 0.6 is 11.6 Å². The lowest BCUT2D eigenvalue weighted by Gasteiger charge is -2.40. The summed E-state index contributed by atoms with van der Waals surface area (Å²) >= 11 is 6.29. The van der Waals surface area contributed by atoms with Gasteiger partial charge < -0.3 is 14.2 Å². The van der Waals surface area contributed by atoms with Gasteiger partial charge in [0.1, 0.15) is 0 Å². The van der Waals surface area contributed by atoms with E-state index < -0.39 is 0 Å². The van der Waals surface area contributed by atoms with Crippen LogP contribution in [0.5, 0.6) is 0 Å². The van der Waals surface area contributed by atoms with Crippen LogP contribution in [-0.2, 0) is 0 Å². The Morgan fingerprint density at radius 3 is 2.74 bits per heavy atom. The zero-order valence-corrected chi connectivity index (χ0v) is 20.1. The van der Waals surface area contributed by atoms with Crippen molar-refractivity contribution in [2.75, 3.05) is 24.5 Å². The van der Waals surface area contributed by atoms with Crippen molar-refractivity contribution in [3.8, 4) is 11.6 Å². The molecule has 0 unspecified atom stereocenters. The van der Waals surface area contributed by atoms with Gasteiger partial charge in [-0.05, 0) is 56.3 Å². The molecule has 0 aliphatic carbocycles. The summed E-state index contributed by atoms with van der Waals surface area (Å²) in [5.74, 6) is 1.93. The van der Waals surface area contributed by atoms with Crippen LogP contribution in [0.25, 0.3) is 28.1 Å². The average molecular weight is 487 g/mol. The molecular formula is C26H23ClN6O2. The number of furan rings is 1. The molecule has 1 aliphatic rings. The number of carbonyl (C=O) groups is 1. The van der Waals surface area contributed by atoms with Crippen LogP contribution < -0.4 is 4.90 Å². The Kier molecular flexibility index (Phi) is 5.18. The number of carbonyl (C=O) groups excluding carboxylic acids is 1. The van der Waals surface area contributed by atoms with E-state index in [-0.39, 0.29) is 11.9 Å². The second-order valence-corrected chi connectivity index (χ2v) is 9.33. The van der Waals surface area contributed by atoms with Gasteiger partial charge in [0.15, 0.2) is 11.4 Å². The number of rotatable bonds is 3. The van der Waals surface area contributed by atoms with E-state index in [0.29, 0.717) is 53.4 Å². The SMILES string of the molecule is Cc1cccc(C(=O)N2CCN(c3nc4cc(Cl)ccc4c4nnc(-c5ccco5)n34)C[C@H]2C)c1. The summed E-state index contributed by atoms with van der Waals surface area (Å²) in [6.07, 6.45) is 1.61. The maximum atomic E-state index is 13.2. The molecule has 6 rings (SSSR count). The van der Waals surface area contributed by atoms with Crippen molar-refractivity contribution in [2.24, 2.45) is 0 Å². The van der Waals surface area contributed by atoms with Crippen molar-refractivity contribution >= 4 is 40.0 Å². The summed E-state index contributed by atoms with van der Waals surface area (Å²) < 4.78 is 7.57. The molecule has 0 N–H and O–H groups in total. The molecule has 1 saturated heterocycles. The van der Waals surface area contributed by atoms with E-state index in [2.05, 4.69) is 22.0 Å². The minimum atomic E-state index is -0.0211. The van der Waals surface area contributed by atoms with Gasteiger partial charge >= 0.3 is 0 Å². The summed E-state index contributed by atoms with van der Waals surface area (Å²) in [5, 5.41) is 10.4. The lowest BCUT2D eigenvalue weighted by molar-refractivity contribution is 0.0673. The third kappa shape index (κ3) is 3.70. The topological polar surface area (TPSA) is 79.8 Å². The standard InChI is InChI=1S/C26H23ClN6O2/c1-16-5-3-6-18(13-16)25(34)32-11-10-31(15-17(32)2)26-28-21-14-19(27)8-9-20(21)23-29-30-24(33(23)26)22-7-4-12-35-22/h3-9,12-14,17H,10-11,15H2,1-2H3/t17-/m1/s1. The highest BCUT2D eigenvalue weighted by molar-refractivity contribution is 6.31. The maximum absolute atomic E-state index is 13.2. The van der Waals surface area contributed by atoms with E-state index in [1.54, 1.807) is 6.26 Å². The van der Waals surface area contributed by atoms with E-state index in [9.17, 15) is 4.79 Å². The van der Waals surface area contributed by atoms with Gasteiger partial charge in [-0.15, -0.1) is 10.2 Å². The van der Waals surface area contributed by atoms with Gasteiger partial charge in [-0.2, -0.15) is 0 Å². The molecule has 8 nitrogen and oxygen atoms in total. The van der Waals surface area contributed by atoms with Gasteiger partial charge in [0.05, 0.1) is 11.8 Å². The molecule has 1 aliphatic heterocycles. The molecule has 176 valence electrons. The lowest BCUT2D eigenvalue weighted by Crippen LogP contribution is -2.54. The predicted molar refractivity (Wildman–Crippen MR) is 135 cm³/mol. The molecule has 4 heterocycles. The summed E-state index contributed by atoms with van der Waals surface area (Å²) in [6.45, 7) is 5.86. The summed E-state index contributed by atoms with van der Waals surface area (Å²) in [7, 11) is 0. The quantitative estimate of drug-likeness (QED) is 0.362. The fraction of sp³-hybridized carbons (Fsp3) is 0.231. The molecular weight excluding hydrogens is 464 g/mol. The predicted octanol–water partition coefficient (Wildman–Crippen LogP) is 4.85. The molecule has 9 heteroatoms. The van der Waals surface area contributed by atoms with Crippen molar-refractivity contribution in [3.63, 3.8) is 0 Å². The molecule has 0 radical (unpaired) electrons. The highest BCUT2D eigenvalue weighted by Crippen LogP contribution is 2.31. The third-order valence-electron chi connectivity index (χ3n) is 6.46. The largest absolute Gasteiger partial charge is 0.461 e. The third-order valence-corrected chi connectivity index (χ3v) is 6.70. The highest BCUT2D eigenvalue weighted by atomic mass is 35.5. The van der Waals surface area contributed by atoms with E-state index in [1.807, 2.05) is 70.8 Å². The Morgan fingerprint density at radius 2 is 1.97 bits per heavy atom. The first-order valence-electron chi connectivity index (χ1n) is 11.5. The van der Waals surface area contributed by atoms with Crippen LogP contribution in [0.2, 0.25) is 5.02 Å². The minimum absolute atomic E-state index is 0.0211. The Morgan fingerprint density at radius 1 is 1.09 bits per heavy atom. The van der Waals surface area contributed by atoms with Crippen LogP contribution in [-0.4, -0.2) is 56.1 Å². The first kappa shape index (κ1) is 21.6. The van der Waals surface area contributed by atoms with Crippen LogP contribution in [0, 0.1) is 6.92 Å². The van der Waals surface area contributed by atoms with Gasteiger partial charge in [-0.1, -0.05) is 29.3 Å².